The Morgan fingerprint density at radius 1 is 1.32 bits per heavy atom. The molecule has 0 saturated carbocycles. The van der Waals surface area contributed by atoms with Crippen LogP contribution >= 0.6 is 0 Å². The average Bonchev–Trinajstić information content (AvgIpc) is 3.14. The predicted molar refractivity (Wildman–Crippen MR) is 93.5 cm³/mol. The molecule has 25 heavy (non-hydrogen) atoms. The summed E-state index contributed by atoms with van der Waals surface area (Å²) in [5.41, 5.74) is 0.857. The quantitative estimate of drug-likeness (QED) is 0.862. The van der Waals surface area contributed by atoms with Crippen molar-refractivity contribution in [3.05, 3.63) is 35.4 Å². The Morgan fingerprint density at radius 2 is 2.08 bits per heavy atom. The fourth-order valence-corrected chi connectivity index (χ4v) is 3.01. The van der Waals surface area contributed by atoms with Crippen LogP contribution in [0.1, 0.15) is 23.3 Å². The Kier molecular flexibility index (Phi) is 5.40. The second-order valence-corrected chi connectivity index (χ2v) is 6.24. The molecule has 1 saturated heterocycles. The van der Waals surface area contributed by atoms with Crippen molar-refractivity contribution in [1.82, 2.24) is 20.0 Å². The fraction of sp³-hybridized carbons (Fsp3) is 0.529. The molecule has 8 heteroatoms. The monoisotopic (exact) mass is 347 g/mol. The lowest BCUT2D eigenvalue weighted by Crippen LogP contribution is -2.44. The summed E-state index contributed by atoms with van der Waals surface area (Å²) in [6, 6.07) is 5.47. The minimum absolute atomic E-state index is 0.0170. The number of hydrogen-bond donors (Lipinski definition) is 2. The van der Waals surface area contributed by atoms with Gasteiger partial charge in [0.2, 0.25) is 0 Å². The lowest BCUT2D eigenvalue weighted by Gasteiger charge is -2.33. The largest absolute Gasteiger partial charge is 0.465 e. The summed E-state index contributed by atoms with van der Waals surface area (Å²) in [5.74, 6) is 2.38. The maximum absolute atomic E-state index is 12.3. The van der Waals surface area contributed by atoms with Gasteiger partial charge in [0.05, 0.1) is 24.9 Å². The number of rotatable bonds is 5. The molecule has 0 spiro atoms. The normalized spacial score (nSPS) is 16.6. The zero-order valence-electron chi connectivity index (χ0n) is 14.9. The van der Waals surface area contributed by atoms with Gasteiger partial charge in [0.25, 0.3) is 0 Å². The van der Waals surface area contributed by atoms with Crippen molar-refractivity contribution in [1.29, 1.82) is 0 Å². The van der Waals surface area contributed by atoms with E-state index in [9.17, 15) is 4.79 Å². The number of ether oxygens (including phenoxy) is 1. The van der Waals surface area contributed by atoms with Crippen LogP contribution in [-0.2, 0) is 11.8 Å². The van der Waals surface area contributed by atoms with Gasteiger partial charge < -0.3 is 14.5 Å². The highest BCUT2D eigenvalue weighted by Crippen LogP contribution is 2.23. The Morgan fingerprint density at radius 3 is 2.68 bits per heavy atom. The zero-order chi connectivity index (χ0) is 17.8. The zero-order valence-corrected chi connectivity index (χ0v) is 14.9. The molecule has 3 rings (SSSR count). The van der Waals surface area contributed by atoms with Crippen molar-refractivity contribution in [3.63, 3.8) is 0 Å². The standard InChI is InChI=1S/C17H25N5O3/c1-12-10-16(21(3)20-12)19-17(23)18-11-14(15-5-4-13(2)25-15)22-6-8-24-9-7-22/h4-5,10,14H,6-9,11H2,1-3H3,(H2,18,19,23)/t14-/m0/s1. The molecule has 2 aromatic rings. The first kappa shape index (κ1) is 17.5. The summed E-state index contributed by atoms with van der Waals surface area (Å²) in [6.45, 7) is 7.27. The number of hydrogen-bond acceptors (Lipinski definition) is 5. The van der Waals surface area contributed by atoms with Crippen LogP contribution in [0.5, 0.6) is 0 Å². The van der Waals surface area contributed by atoms with E-state index in [1.165, 1.54) is 0 Å². The van der Waals surface area contributed by atoms with Crippen molar-refractivity contribution >= 4 is 11.8 Å². The van der Waals surface area contributed by atoms with Gasteiger partial charge in [-0.3, -0.25) is 14.9 Å². The van der Waals surface area contributed by atoms with E-state index in [0.29, 0.717) is 25.6 Å². The number of urea groups is 1. The molecule has 3 heterocycles. The molecule has 1 atom stereocenters. The van der Waals surface area contributed by atoms with Gasteiger partial charge in [-0.25, -0.2) is 4.79 Å². The van der Waals surface area contributed by atoms with Crippen LogP contribution in [0.3, 0.4) is 0 Å². The smallest absolute Gasteiger partial charge is 0.320 e. The number of furan rings is 1. The molecule has 2 aromatic heterocycles. The number of carbonyl (C=O) groups excluding carboxylic acids is 1. The summed E-state index contributed by atoms with van der Waals surface area (Å²) in [5, 5.41) is 9.98. The SMILES string of the molecule is Cc1cc(NC(=O)NC[C@@H](c2ccc(C)o2)N2CCOCC2)n(C)n1. The molecule has 0 aromatic carbocycles. The van der Waals surface area contributed by atoms with Crippen LogP contribution in [0.4, 0.5) is 10.6 Å². The number of amides is 2. The highest BCUT2D eigenvalue weighted by molar-refractivity contribution is 5.88. The second-order valence-electron chi connectivity index (χ2n) is 6.24. The first-order valence-electron chi connectivity index (χ1n) is 8.46. The van der Waals surface area contributed by atoms with Gasteiger partial charge in [-0.05, 0) is 26.0 Å². The molecule has 1 fully saturated rings. The van der Waals surface area contributed by atoms with Crippen molar-refractivity contribution in [3.8, 4) is 0 Å². The number of morpholine rings is 1. The average molecular weight is 347 g/mol. The number of aromatic nitrogens is 2. The Bertz CT molecular complexity index is 718. The molecule has 0 radical (unpaired) electrons. The van der Waals surface area contributed by atoms with Crippen LogP contribution < -0.4 is 10.6 Å². The molecular weight excluding hydrogens is 322 g/mol. The summed E-state index contributed by atoms with van der Waals surface area (Å²) in [4.78, 5) is 14.5. The first-order valence-corrected chi connectivity index (χ1v) is 8.46. The second kappa shape index (κ2) is 7.71. The summed E-state index contributed by atoms with van der Waals surface area (Å²) in [6.07, 6.45) is 0. The van der Waals surface area contributed by atoms with E-state index in [1.807, 2.05) is 32.0 Å². The van der Waals surface area contributed by atoms with Gasteiger partial charge in [0.15, 0.2) is 0 Å². The molecule has 2 amide bonds. The Balaban J connectivity index is 1.63. The molecule has 0 bridgehead atoms. The van der Waals surface area contributed by atoms with Crippen molar-refractivity contribution < 1.29 is 13.9 Å². The van der Waals surface area contributed by atoms with Crippen LogP contribution in [0.2, 0.25) is 0 Å². The molecule has 0 unspecified atom stereocenters. The maximum Gasteiger partial charge on any atom is 0.320 e. The van der Waals surface area contributed by atoms with Crippen LogP contribution in [0, 0.1) is 13.8 Å². The Hall–Kier alpha value is -2.32. The minimum Gasteiger partial charge on any atom is -0.465 e. The molecule has 136 valence electrons. The van der Waals surface area contributed by atoms with Crippen molar-refractivity contribution in [2.24, 2.45) is 7.05 Å². The van der Waals surface area contributed by atoms with E-state index in [4.69, 9.17) is 9.15 Å². The number of carbonyl (C=O) groups is 1. The van der Waals surface area contributed by atoms with Gasteiger partial charge in [-0.1, -0.05) is 0 Å². The van der Waals surface area contributed by atoms with Crippen molar-refractivity contribution in [2.75, 3.05) is 38.2 Å². The Labute approximate surface area is 147 Å². The summed E-state index contributed by atoms with van der Waals surface area (Å²) < 4.78 is 12.9. The molecular formula is C17H25N5O3. The molecule has 8 nitrogen and oxygen atoms in total. The van der Waals surface area contributed by atoms with Gasteiger partial charge in [0.1, 0.15) is 17.3 Å². The molecule has 0 aliphatic carbocycles. The predicted octanol–water partition coefficient (Wildman–Crippen LogP) is 1.82. The van der Waals surface area contributed by atoms with Crippen molar-refractivity contribution in [2.45, 2.75) is 19.9 Å². The van der Waals surface area contributed by atoms with E-state index < -0.39 is 0 Å². The van der Waals surface area contributed by atoms with E-state index in [0.717, 1.165) is 30.3 Å². The third-order valence-corrected chi connectivity index (χ3v) is 4.28. The van der Waals surface area contributed by atoms with Crippen LogP contribution in [0.25, 0.3) is 0 Å². The minimum atomic E-state index is -0.260. The van der Waals surface area contributed by atoms with E-state index in [1.54, 1.807) is 11.7 Å². The van der Waals surface area contributed by atoms with Gasteiger partial charge in [-0.2, -0.15) is 5.10 Å². The topological polar surface area (TPSA) is 84.6 Å². The van der Waals surface area contributed by atoms with Crippen LogP contribution in [0.15, 0.2) is 22.6 Å². The lowest BCUT2D eigenvalue weighted by molar-refractivity contribution is 0.0122. The summed E-state index contributed by atoms with van der Waals surface area (Å²) >= 11 is 0. The third-order valence-electron chi connectivity index (χ3n) is 4.28. The van der Waals surface area contributed by atoms with E-state index in [-0.39, 0.29) is 12.1 Å². The molecule has 1 aliphatic heterocycles. The van der Waals surface area contributed by atoms with E-state index >= 15 is 0 Å². The van der Waals surface area contributed by atoms with E-state index in [2.05, 4.69) is 20.6 Å². The fourth-order valence-electron chi connectivity index (χ4n) is 3.01. The number of anilines is 1. The number of aryl methyl sites for hydroxylation is 3. The lowest BCUT2D eigenvalue weighted by atomic mass is 10.1. The van der Waals surface area contributed by atoms with Gasteiger partial charge in [-0.15, -0.1) is 0 Å². The van der Waals surface area contributed by atoms with Gasteiger partial charge in [0, 0.05) is 32.7 Å². The first-order chi connectivity index (χ1) is 12.0. The van der Waals surface area contributed by atoms with Gasteiger partial charge >= 0.3 is 6.03 Å². The summed E-state index contributed by atoms with van der Waals surface area (Å²) in [7, 11) is 1.80. The maximum atomic E-state index is 12.3. The third kappa shape index (κ3) is 4.40. The molecule has 2 N–H and O–H groups in total. The molecule has 1 aliphatic rings. The van der Waals surface area contributed by atoms with Crippen LogP contribution in [-0.4, -0.2) is 53.6 Å². The highest BCUT2D eigenvalue weighted by atomic mass is 16.5. The highest BCUT2D eigenvalue weighted by Gasteiger charge is 2.25. The number of nitrogens with one attached hydrogen (secondary N) is 2. The number of nitrogens with zero attached hydrogens (tertiary/aromatic N) is 3.